The SMILES string of the molecule is COc1ccc(-c2ccc3c(c2)ncn3-c2ccnc(NCCc3ccccc3)n2)cc1. The van der Waals surface area contributed by atoms with Crippen molar-refractivity contribution in [1.29, 1.82) is 0 Å². The molecule has 0 radical (unpaired) electrons. The Labute approximate surface area is 186 Å². The molecular weight excluding hydrogens is 398 g/mol. The summed E-state index contributed by atoms with van der Waals surface area (Å²) in [4.78, 5) is 13.6. The number of ether oxygens (including phenoxy) is 1. The van der Waals surface area contributed by atoms with Crippen molar-refractivity contribution in [1.82, 2.24) is 19.5 Å². The largest absolute Gasteiger partial charge is 0.497 e. The van der Waals surface area contributed by atoms with E-state index in [1.54, 1.807) is 19.6 Å². The van der Waals surface area contributed by atoms with Crippen LogP contribution in [-0.4, -0.2) is 33.2 Å². The Kier molecular flexibility index (Phi) is 5.49. The summed E-state index contributed by atoms with van der Waals surface area (Å²) in [5.74, 6) is 2.23. The number of imidazole rings is 1. The molecule has 6 nitrogen and oxygen atoms in total. The van der Waals surface area contributed by atoms with E-state index in [4.69, 9.17) is 4.74 Å². The molecule has 5 aromatic rings. The molecule has 0 aliphatic heterocycles. The van der Waals surface area contributed by atoms with Gasteiger partial charge < -0.3 is 10.1 Å². The van der Waals surface area contributed by atoms with E-state index in [0.717, 1.165) is 46.7 Å². The van der Waals surface area contributed by atoms with Gasteiger partial charge >= 0.3 is 0 Å². The second-order valence-electron chi connectivity index (χ2n) is 7.45. The van der Waals surface area contributed by atoms with Crippen molar-refractivity contribution < 1.29 is 4.74 Å². The van der Waals surface area contributed by atoms with Crippen molar-refractivity contribution in [2.24, 2.45) is 0 Å². The molecule has 1 N–H and O–H groups in total. The van der Waals surface area contributed by atoms with E-state index in [0.29, 0.717) is 5.95 Å². The van der Waals surface area contributed by atoms with Crippen LogP contribution < -0.4 is 10.1 Å². The second-order valence-corrected chi connectivity index (χ2v) is 7.45. The molecule has 0 atom stereocenters. The summed E-state index contributed by atoms with van der Waals surface area (Å²) in [5.41, 5.74) is 5.42. The number of methoxy groups -OCH3 is 1. The molecule has 2 heterocycles. The maximum absolute atomic E-state index is 5.25. The van der Waals surface area contributed by atoms with Gasteiger partial charge in [0.1, 0.15) is 17.9 Å². The number of hydrogen-bond acceptors (Lipinski definition) is 5. The first-order chi connectivity index (χ1) is 15.8. The van der Waals surface area contributed by atoms with Gasteiger partial charge in [0.05, 0.1) is 18.1 Å². The minimum Gasteiger partial charge on any atom is -0.497 e. The van der Waals surface area contributed by atoms with Gasteiger partial charge in [-0.15, -0.1) is 0 Å². The standard InChI is InChI=1S/C26H23N5O/c1-32-22-10-7-20(8-11-22)21-9-12-24-23(17-21)29-18-31(24)25-14-16-28-26(30-25)27-15-13-19-5-3-2-4-6-19/h2-12,14,16-18H,13,15H2,1H3,(H,27,28,30). The van der Waals surface area contributed by atoms with Gasteiger partial charge in [0.2, 0.25) is 5.95 Å². The normalized spacial score (nSPS) is 10.9. The molecule has 0 unspecified atom stereocenters. The molecular formula is C26H23N5O. The van der Waals surface area contributed by atoms with E-state index >= 15 is 0 Å². The Morgan fingerprint density at radius 3 is 2.50 bits per heavy atom. The molecule has 0 aliphatic rings. The summed E-state index contributed by atoms with van der Waals surface area (Å²) in [6.45, 7) is 0.767. The van der Waals surface area contributed by atoms with Gasteiger partial charge in [-0.2, -0.15) is 4.98 Å². The Hall–Kier alpha value is -4.19. The number of aromatic nitrogens is 4. The molecule has 5 rings (SSSR count). The molecule has 0 amide bonds. The predicted octanol–water partition coefficient (Wildman–Crippen LogP) is 5.15. The second kappa shape index (κ2) is 8.89. The molecule has 2 aromatic heterocycles. The van der Waals surface area contributed by atoms with Crippen LogP contribution in [0.2, 0.25) is 0 Å². The van der Waals surface area contributed by atoms with Crippen molar-refractivity contribution in [3.63, 3.8) is 0 Å². The van der Waals surface area contributed by atoms with E-state index in [1.165, 1.54) is 5.56 Å². The van der Waals surface area contributed by atoms with Gasteiger partial charge in [0.15, 0.2) is 0 Å². The fourth-order valence-electron chi connectivity index (χ4n) is 3.69. The van der Waals surface area contributed by atoms with E-state index in [1.807, 2.05) is 28.8 Å². The van der Waals surface area contributed by atoms with Gasteiger partial charge in [-0.3, -0.25) is 4.57 Å². The highest BCUT2D eigenvalue weighted by Crippen LogP contribution is 2.26. The van der Waals surface area contributed by atoms with Gasteiger partial charge in [-0.25, -0.2) is 9.97 Å². The number of rotatable bonds is 7. The highest BCUT2D eigenvalue weighted by molar-refractivity contribution is 5.83. The van der Waals surface area contributed by atoms with Crippen molar-refractivity contribution in [2.75, 3.05) is 19.0 Å². The van der Waals surface area contributed by atoms with Crippen LogP contribution in [0.1, 0.15) is 5.56 Å². The van der Waals surface area contributed by atoms with E-state index < -0.39 is 0 Å². The molecule has 0 spiro atoms. The lowest BCUT2D eigenvalue weighted by Crippen LogP contribution is -2.09. The highest BCUT2D eigenvalue weighted by Gasteiger charge is 2.09. The predicted molar refractivity (Wildman–Crippen MR) is 127 cm³/mol. The first-order valence-corrected chi connectivity index (χ1v) is 10.5. The Morgan fingerprint density at radius 2 is 1.69 bits per heavy atom. The van der Waals surface area contributed by atoms with Crippen LogP contribution in [0.5, 0.6) is 5.75 Å². The Bertz CT molecular complexity index is 1330. The molecule has 0 fully saturated rings. The number of hydrogen-bond donors (Lipinski definition) is 1. The quantitative estimate of drug-likeness (QED) is 0.394. The minimum atomic E-state index is 0.607. The van der Waals surface area contributed by atoms with Crippen LogP contribution in [0.15, 0.2) is 91.4 Å². The number of nitrogens with zero attached hydrogens (tertiary/aromatic N) is 4. The van der Waals surface area contributed by atoms with Crippen molar-refractivity contribution >= 4 is 17.0 Å². The Balaban J connectivity index is 1.35. The molecule has 0 saturated carbocycles. The number of benzene rings is 3. The van der Waals surface area contributed by atoms with E-state index in [9.17, 15) is 0 Å². The smallest absolute Gasteiger partial charge is 0.224 e. The highest BCUT2D eigenvalue weighted by atomic mass is 16.5. The van der Waals surface area contributed by atoms with E-state index in [-0.39, 0.29) is 0 Å². The lowest BCUT2D eigenvalue weighted by molar-refractivity contribution is 0.415. The van der Waals surface area contributed by atoms with Crippen LogP contribution >= 0.6 is 0 Å². The summed E-state index contributed by atoms with van der Waals surface area (Å²) in [5, 5.41) is 3.32. The van der Waals surface area contributed by atoms with Gasteiger partial charge in [-0.1, -0.05) is 48.5 Å². The van der Waals surface area contributed by atoms with Gasteiger partial charge in [0, 0.05) is 12.7 Å². The van der Waals surface area contributed by atoms with Crippen molar-refractivity contribution in [2.45, 2.75) is 6.42 Å². The number of anilines is 1. The summed E-state index contributed by atoms with van der Waals surface area (Å²) < 4.78 is 7.23. The summed E-state index contributed by atoms with van der Waals surface area (Å²) in [7, 11) is 1.67. The van der Waals surface area contributed by atoms with Gasteiger partial charge in [-0.05, 0) is 53.4 Å². The summed E-state index contributed by atoms with van der Waals surface area (Å²) >= 11 is 0. The fourth-order valence-corrected chi connectivity index (χ4v) is 3.69. The lowest BCUT2D eigenvalue weighted by atomic mass is 10.1. The van der Waals surface area contributed by atoms with Crippen LogP contribution in [0, 0.1) is 0 Å². The monoisotopic (exact) mass is 421 g/mol. The molecule has 158 valence electrons. The fraction of sp³-hybridized carbons (Fsp3) is 0.115. The van der Waals surface area contributed by atoms with Crippen molar-refractivity contribution in [3.05, 3.63) is 97.0 Å². The van der Waals surface area contributed by atoms with Gasteiger partial charge in [0.25, 0.3) is 0 Å². The topological polar surface area (TPSA) is 64.9 Å². The number of fused-ring (bicyclic) bond motifs is 1. The maximum atomic E-state index is 5.25. The average Bonchev–Trinajstić information content (AvgIpc) is 3.28. The van der Waals surface area contributed by atoms with Crippen LogP contribution in [-0.2, 0) is 6.42 Å². The summed E-state index contributed by atoms with van der Waals surface area (Å²) in [6.07, 6.45) is 4.49. The third-order valence-corrected chi connectivity index (χ3v) is 5.40. The van der Waals surface area contributed by atoms with Crippen molar-refractivity contribution in [3.8, 4) is 22.7 Å². The van der Waals surface area contributed by atoms with Crippen LogP contribution in [0.3, 0.4) is 0 Å². The molecule has 32 heavy (non-hydrogen) atoms. The summed E-state index contributed by atoms with van der Waals surface area (Å²) in [6, 6.07) is 26.6. The molecule has 0 saturated heterocycles. The maximum Gasteiger partial charge on any atom is 0.224 e. The third kappa shape index (κ3) is 4.16. The lowest BCUT2D eigenvalue weighted by Gasteiger charge is -2.08. The Morgan fingerprint density at radius 1 is 0.875 bits per heavy atom. The minimum absolute atomic E-state index is 0.607. The third-order valence-electron chi connectivity index (χ3n) is 5.40. The average molecular weight is 422 g/mol. The molecule has 3 aromatic carbocycles. The first kappa shape index (κ1) is 19.8. The first-order valence-electron chi connectivity index (χ1n) is 10.5. The van der Waals surface area contributed by atoms with Crippen LogP contribution in [0.25, 0.3) is 28.0 Å². The zero-order chi connectivity index (χ0) is 21.8. The zero-order valence-corrected chi connectivity index (χ0v) is 17.8. The van der Waals surface area contributed by atoms with Crippen LogP contribution in [0.4, 0.5) is 5.95 Å². The zero-order valence-electron chi connectivity index (χ0n) is 17.8. The molecule has 0 aliphatic carbocycles. The molecule has 6 heteroatoms. The van der Waals surface area contributed by atoms with E-state index in [2.05, 4.69) is 74.9 Å². The molecule has 0 bridgehead atoms. The number of nitrogens with one attached hydrogen (secondary N) is 1.